The van der Waals surface area contributed by atoms with Gasteiger partial charge in [-0.05, 0) is 45.2 Å². The van der Waals surface area contributed by atoms with Crippen LogP contribution in [-0.4, -0.2) is 56.8 Å². The van der Waals surface area contributed by atoms with Crippen molar-refractivity contribution in [1.82, 2.24) is 25.4 Å². The van der Waals surface area contributed by atoms with Gasteiger partial charge in [-0.3, -0.25) is 5.43 Å². The molecule has 0 aromatic carbocycles. The number of nitrogens with zero attached hydrogens (tertiary/aromatic N) is 5. The molecule has 2 saturated heterocycles. The molecule has 29 heavy (non-hydrogen) atoms. The first kappa shape index (κ1) is 20.3. The molecule has 2 aromatic rings. The summed E-state index contributed by atoms with van der Waals surface area (Å²) in [7, 11) is 0. The van der Waals surface area contributed by atoms with Crippen LogP contribution in [0.4, 0.5) is 15.0 Å². The summed E-state index contributed by atoms with van der Waals surface area (Å²) in [5, 5.41) is 2.08. The van der Waals surface area contributed by atoms with Gasteiger partial charge in [-0.25, -0.2) is 24.2 Å². The smallest absolute Gasteiger partial charge is 0.422 e. The van der Waals surface area contributed by atoms with Gasteiger partial charge in [0.2, 0.25) is 5.28 Å². The average Bonchev–Trinajstić information content (AvgIpc) is 2.85. The van der Waals surface area contributed by atoms with Crippen molar-refractivity contribution in [2.45, 2.75) is 51.3 Å². The molecule has 1 amide bonds. The minimum absolute atomic E-state index is 0.0432. The van der Waals surface area contributed by atoms with E-state index < -0.39 is 17.5 Å². The topological polar surface area (TPSA) is 83.5 Å². The fourth-order valence-corrected chi connectivity index (χ4v) is 4.20. The summed E-state index contributed by atoms with van der Waals surface area (Å²) in [6.07, 6.45) is 2.80. The van der Waals surface area contributed by atoms with E-state index in [0.29, 0.717) is 24.3 Å². The van der Waals surface area contributed by atoms with Crippen molar-refractivity contribution in [2.75, 3.05) is 18.0 Å². The quantitative estimate of drug-likeness (QED) is 0.561. The van der Waals surface area contributed by atoms with Crippen LogP contribution in [0.25, 0.3) is 10.9 Å². The second kappa shape index (κ2) is 7.37. The monoisotopic (exact) mass is 442 g/mol. The maximum absolute atomic E-state index is 14.4. The van der Waals surface area contributed by atoms with Crippen LogP contribution in [0.1, 0.15) is 33.6 Å². The molecular formula is C18H21Cl2FN6O2. The van der Waals surface area contributed by atoms with E-state index in [1.54, 1.807) is 0 Å². The van der Waals surface area contributed by atoms with Crippen molar-refractivity contribution in [3.63, 3.8) is 0 Å². The van der Waals surface area contributed by atoms with Gasteiger partial charge < -0.3 is 9.64 Å². The summed E-state index contributed by atoms with van der Waals surface area (Å²) in [4.78, 5) is 26.4. The predicted octanol–water partition coefficient (Wildman–Crippen LogP) is 3.56. The summed E-state index contributed by atoms with van der Waals surface area (Å²) < 4.78 is 19.8. The Bertz CT molecular complexity index is 955. The van der Waals surface area contributed by atoms with E-state index in [4.69, 9.17) is 27.9 Å². The molecule has 2 bridgehead atoms. The number of fused-ring (bicyclic) bond motifs is 3. The fraction of sp³-hybridized carbons (Fsp3) is 0.556. The third-order valence-electron chi connectivity index (χ3n) is 5.00. The fourth-order valence-electron chi connectivity index (χ4n) is 3.90. The average molecular weight is 443 g/mol. The number of pyridine rings is 1. The zero-order valence-electron chi connectivity index (χ0n) is 16.2. The van der Waals surface area contributed by atoms with Gasteiger partial charge >= 0.3 is 6.09 Å². The lowest BCUT2D eigenvalue weighted by Crippen LogP contribution is -2.60. The first-order valence-electron chi connectivity index (χ1n) is 9.32. The minimum Gasteiger partial charge on any atom is -0.443 e. The SMILES string of the molecule is CC(C)(C)OC(=O)NN1[C@@H]2CC[C@H]1CN(c1nc(Cl)nc3c(F)c(Cl)ncc13)C2. The standard InChI is InChI=1S/C18H21Cl2FN6O2/c1-18(2,3)29-17(28)25-27-9-4-5-10(27)8-26(7-9)15-11-6-22-14(19)12(21)13(11)23-16(20)24-15/h6,9-10H,4-5,7-8H2,1-3H3,(H,25,28)/t9-,10+. The number of nitrogens with one attached hydrogen (secondary N) is 1. The van der Waals surface area contributed by atoms with Crippen molar-refractivity contribution < 1.29 is 13.9 Å². The predicted molar refractivity (Wildman–Crippen MR) is 108 cm³/mol. The highest BCUT2D eigenvalue weighted by atomic mass is 35.5. The summed E-state index contributed by atoms with van der Waals surface area (Å²) >= 11 is 11.8. The van der Waals surface area contributed by atoms with Gasteiger partial charge in [0.25, 0.3) is 0 Å². The third kappa shape index (κ3) is 4.04. The van der Waals surface area contributed by atoms with Crippen LogP contribution in [0.5, 0.6) is 0 Å². The van der Waals surface area contributed by atoms with Gasteiger partial charge in [0.15, 0.2) is 11.0 Å². The molecule has 2 aromatic heterocycles. The molecule has 2 aliphatic heterocycles. The lowest BCUT2D eigenvalue weighted by atomic mass is 10.2. The molecule has 4 heterocycles. The maximum atomic E-state index is 14.4. The number of amides is 1. The number of piperazine rings is 1. The molecule has 4 rings (SSSR count). The zero-order valence-corrected chi connectivity index (χ0v) is 17.8. The van der Waals surface area contributed by atoms with Crippen molar-refractivity contribution in [3.05, 3.63) is 22.5 Å². The van der Waals surface area contributed by atoms with E-state index >= 15 is 0 Å². The number of aromatic nitrogens is 3. The van der Waals surface area contributed by atoms with E-state index in [-0.39, 0.29) is 28.0 Å². The highest BCUT2D eigenvalue weighted by Gasteiger charge is 2.42. The first-order chi connectivity index (χ1) is 13.6. The van der Waals surface area contributed by atoms with Crippen molar-refractivity contribution in [3.8, 4) is 0 Å². The lowest BCUT2D eigenvalue weighted by molar-refractivity contribution is 0.0196. The van der Waals surface area contributed by atoms with E-state index in [9.17, 15) is 9.18 Å². The van der Waals surface area contributed by atoms with Crippen LogP contribution < -0.4 is 10.3 Å². The molecule has 156 valence electrons. The van der Waals surface area contributed by atoms with Gasteiger partial charge in [0, 0.05) is 31.4 Å². The number of hydrogen-bond donors (Lipinski definition) is 1. The third-order valence-corrected chi connectivity index (χ3v) is 5.43. The molecule has 11 heteroatoms. The van der Waals surface area contributed by atoms with E-state index in [2.05, 4.69) is 20.4 Å². The number of ether oxygens (including phenoxy) is 1. The molecule has 0 saturated carbocycles. The molecule has 0 spiro atoms. The number of rotatable bonds is 2. The zero-order chi connectivity index (χ0) is 20.9. The highest BCUT2D eigenvalue weighted by molar-refractivity contribution is 6.30. The van der Waals surface area contributed by atoms with Gasteiger partial charge in [-0.2, -0.15) is 4.98 Å². The van der Waals surface area contributed by atoms with Crippen LogP contribution in [0.2, 0.25) is 10.4 Å². The second-order valence-electron chi connectivity index (χ2n) is 8.25. The van der Waals surface area contributed by atoms with Crippen molar-refractivity contribution in [2.24, 2.45) is 0 Å². The Labute approximate surface area is 177 Å². The lowest BCUT2D eigenvalue weighted by Gasteiger charge is -2.41. The van der Waals surface area contributed by atoms with Crippen LogP contribution in [0.15, 0.2) is 6.20 Å². The van der Waals surface area contributed by atoms with E-state index in [1.807, 2.05) is 30.7 Å². The summed E-state index contributed by atoms with van der Waals surface area (Å²) in [6.45, 7) is 6.63. The number of hydrazine groups is 1. The van der Waals surface area contributed by atoms with Gasteiger partial charge in [0.1, 0.15) is 16.9 Å². The Morgan fingerprint density at radius 3 is 2.52 bits per heavy atom. The van der Waals surface area contributed by atoms with Crippen LogP contribution in [-0.2, 0) is 4.74 Å². The molecule has 0 unspecified atom stereocenters. The normalized spacial score (nSPS) is 22.2. The molecule has 2 aliphatic rings. The molecule has 2 fully saturated rings. The van der Waals surface area contributed by atoms with E-state index in [1.165, 1.54) is 6.20 Å². The molecule has 8 nitrogen and oxygen atoms in total. The summed E-state index contributed by atoms with van der Waals surface area (Å²) in [5.74, 6) is -0.209. The Balaban J connectivity index is 1.58. The number of anilines is 1. The molecule has 1 N–H and O–H groups in total. The summed E-state index contributed by atoms with van der Waals surface area (Å²) in [5.41, 5.74) is 2.35. The number of halogens is 3. The van der Waals surface area contributed by atoms with Gasteiger partial charge in [-0.15, -0.1) is 0 Å². The molecule has 0 radical (unpaired) electrons. The maximum Gasteiger partial charge on any atom is 0.422 e. The van der Waals surface area contributed by atoms with Gasteiger partial charge in [-0.1, -0.05) is 11.6 Å². The van der Waals surface area contributed by atoms with Crippen LogP contribution in [0, 0.1) is 5.82 Å². The number of carbonyl (C=O) groups is 1. The Morgan fingerprint density at radius 1 is 1.24 bits per heavy atom. The Morgan fingerprint density at radius 2 is 1.90 bits per heavy atom. The summed E-state index contributed by atoms with van der Waals surface area (Å²) in [6, 6.07) is 0.130. The largest absolute Gasteiger partial charge is 0.443 e. The Kier molecular flexibility index (Phi) is 5.16. The van der Waals surface area contributed by atoms with E-state index in [0.717, 1.165) is 12.8 Å². The second-order valence-corrected chi connectivity index (χ2v) is 8.95. The number of carbonyl (C=O) groups excluding carboxylic acids is 1. The first-order valence-corrected chi connectivity index (χ1v) is 10.1. The number of hydrogen-bond acceptors (Lipinski definition) is 7. The van der Waals surface area contributed by atoms with Crippen molar-refractivity contribution >= 4 is 46.0 Å². The van der Waals surface area contributed by atoms with Gasteiger partial charge in [0.05, 0.1) is 5.39 Å². The highest BCUT2D eigenvalue weighted by Crippen LogP contribution is 2.35. The van der Waals surface area contributed by atoms with Crippen LogP contribution in [0.3, 0.4) is 0 Å². The van der Waals surface area contributed by atoms with Crippen LogP contribution >= 0.6 is 23.2 Å². The minimum atomic E-state index is -0.720. The molecular weight excluding hydrogens is 422 g/mol. The van der Waals surface area contributed by atoms with Crippen molar-refractivity contribution in [1.29, 1.82) is 0 Å². The molecule has 2 atom stereocenters. The molecule has 0 aliphatic carbocycles. The Hall–Kier alpha value is -1.97.